The second kappa shape index (κ2) is 5.42. The highest BCUT2D eigenvalue weighted by atomic mass is 79.9. The van der Waals surface area contributed by atoms with Crippen molar-refractivity contribution in [2.24, 2.45) is 0 Å². The minimum absolute atomic E-state index is 0.0837. The van der Waals surface area contributed by atoms with Gasteiger partial charge >= 0.3 is 5.97 Å². The molecule has 112 valence electrons. The van der Waals surface area contributed by atoms with E-state index in [1.54, 1.807) is 6.07 Å². The lowest BCUT2D eigenvalue weighted by molar-refractivity contribution is 0.0599. The van der Waals surface area contributed by atoms with Gasteiger partial charge in [-0.1, -0.05) is 0 Å². The zero-order valence-electron chi connectivity index (χ0n) is 11.4. The molecule has 0 saturated heterocycles. The summed E-state index contributed by atoms with van der Waals surface area (Å²) in [6, 6.07) is 7.21. The lowest BCUT2D eigenvalue weighted by atomic mass is 10.2. The fraction of sp³-hybridized carbons (Fsp3) is 0.0667. The van der Waals surface area contributed by atoms with Crippen LogP contribution in [-0.2, 0) is 4.74 Å². The van der Waals surface area contributed by atoms with Crippen LogP contribution in [-0.4, -0.2) is 27.7 Å². The van der Waals surface area contributed by atoms with Gasteiger partial charge in [0.25, 0.3) is 0 Å². The number of hydrogen-bond acceptors (Lipinski definition) is 4. The Hall–Kier alpha value is -2.41. The summed E-state index contributed by atoms with van der Waals surface area (Å²) in [6.45, 7) is 0. The Balaban J connectivity index is 2.19. The van der Waals surface area contributed by atoms with Crippen LogP contribution in [0.25, 0.3) is 16.7 Å². The molecule has 7 heteroatoms. The molecule has 3 rings (SSSR count). The highest BCUT2D eigenvalue weighted by Gasteiger charge is 2.17. The Morgan fingerprint density at radius 1 is 1.36 bits per heavy atom. The summed E-state index contributed by atoms with van der Waals surface area (Å²) in [5, 5.41) is 9.45. The smallest absolute Gasteiger partial charge is 0.339 e. The molecule has 1 N–H and O–H groups in total. The predicted molar refractivity (Wildman–Crippen MR) is 81.7 cm³/mol. The number of phenolic OH excluding ortho intramolecular Hbond substituents is 1. The second-order valence-corrected chi connectivity index (χ2v) is 5.42. The second-order valence-electron chi connectivity index (χ2n) is 4.56. The number of hydrogen-bond donors (Lipinski definition) is 1. The zero-order valence-corrected chi connectivity index (χ0v) is 13.0. The first-order chi connectivity index (χ1) is 10.5. The molecule has 1 heterocycles. The molecule has 0 aliphatic rings. The Labute approximate surface area is 133 Å². The molecule has 0 amide bonds. The molecule has 0 spiro atoms. The van der Waals surface area contributed by atoms with Crippen LogP contribution in [0.4, 0.5) is 4.39 Å². The number of methoxy groups -OCH3 is 1. The number of phenols is 1. The summed E-state index contributed by atoms with van der Waals surface area (Å²) in [6.07, 6.45) is 1.45. The maximum absolute atomic E-state index is 14.4. The van der Waals surface area contributed by atoms with Gasteiger partial charge in [-0.2, -0.15) is 0 Å². The van der Waals surface area contributed by atoms with Gasteiger partial charge in [0.05, 0.1) is 29.4 Å². The maximum Gasteiger partial charge on any atom is 0.339 e. The topological polar surface area (TPSA) is 64.4 Å². The quantitative estimate of drug-likeness (QED) is 0.707. The van der Waals surface area contributed by atoms with E-state index in [1.165, 1.54) is 36.2 Å². The summed E-state index contributed by atoms with van der Waals surface area (Å²) in [5.74, 6) is -1.13. The number of esters is 1. The van der Waals surface area contributed by atoms with E-state index in [4.69, 9.17) is 0 Å². The summed E-state index contributed by atoms with van der Waals surface area (Å²) in [7, 11) is 1.23. The lowest BCUT2D eigenvalue weighted by Crippen LogP contribution is -2.05. The maximum atomic E-state index is 14.4. The number of ether oxygens (including phenoxy) is 1. The zero-order chi connectivity index (χ0) is 15.9. The van der Waals surface area contributed by atoms with Crippen LogP contribution in [0.1, 0.15) is 10.4 Å². The van der Waals surface area contributed by atoms with Crippen molar-refractivity contribution in [3.63, 3.8) is 0 Å². The molecule has 0 unspecified atom stereocenters. The summed E-state index contributed by atoms with van der Waals surface area (Å²) < 4.78 is 20.9. The number of carbonyl (C=O) groups excluding carboxylic acids is 1. The molecule has 1 aromatic heterocycles. The molecule has 0 aliphatic heterocycles. The molecule has 5 nitrogen and oxygen atoms in total. The van der Waals surface area contributed by atoms with E-state index in [0.29, 0.717) is 15.5 Å². The average molecular weight is 365 g/mol. The molecular formula is C15H10BrFN2O3. The molecule has 0 atom stereocenters. The summed E-state index contributed by atoms with van der Waals surface area (Å²) in [5.41, 5.74) is 1.50. The third-order valence-corrected chi connectivity index (χ3v) is 3.89. The van der Waals surface area contributed by atoms with Crippen molar-refractivity contribution in [1.82, 2.24) is 9.55 Å². The van der Waals surface area contributed by atoms with E-state index in [-0.39, 0.29) is 17.0 Å². The third kappa shape index (κ3) is 2.33. The first-order valence-corrected chi connectivity index (χ1v) is 7.04. The third-order valence-electron chi connectivity index (χ3n) is 3.23. The van der Waals surface area contributed by atoms with Crippen molar-refractivity contribution in [3.8, 4) is 11.4 Å². The first kappa shape index (κ1) is 14.5. The fourth-order valence-electron chi connectivity index (χ4n) is 2.18. The van der Waals surface area contributed by atoms with Gasteiger partial charge in [-0.25, -0.2) is 14.2 Å². The van der Waals surface area contributed by atoms with Gasteiger partial charge in [0.1, 0.15) is 17.9 Å². The molecule has 3 aromatic rings. The molecule has 2 aromatic carbocycles. The number of halogens is 2. The Bertz CT molecular complexity index is 892. The van der Waals surface area contributed by atoms with Crippen LogP contribution in [0.15, 0.2) is 41.1 Å². The summed E-state index contributed by atoms with van der Waals surface area (Å²) >= 11 is 3.24. The Morgan fingerprint density at radius 3 is 2.86 bits per heavy atom. The SMILES string of the molecule is COC(=O)c1cc(F)c(-n2cnc3cc(O)ccc32)cc1Br. The molecule has 0 aliphatic carbocycles. The minimum Gasteiger partial charge on any atom is -0.508 e. The van der Waals surface area contributed by atoms with Crippen LogP contribution >= 0.6 is 15.9 Å². The van der Waals surface area contributed by atoms with Crippen molar-refractivity contribution in [2.75, 3.05) is 7.11 Å². The molecular weight excluding hydrogens is 355 g/mol. The number of aromatic nitrogens is 2. The normalized spacial score (nSPS) is 10.9. The van der Waals surface area contributed by atoms with Crippen LogP contribution in [0.2, 0.25) is 0 Å². The van der Waals surface area contributed by atoms with Gasteiger partial charge in [0.2, 0.25) is 0 Å². The van der Waals surface area contributed by atoms with Gasteiger partial charge in [0, 0.05) is 10.5 Å². The monoisotopic (exact) mass is 364 g/mol. The van der Waals surface area contributed by atoms with Gasteiger partial charge in [-0.05, 0) is 40.2 Å². The molecule has 22 heavy (non-hydrogen) atoms. The number of nitrogens with zero attached hydrogens (tertiary/aromatic N) is 2. The highest BCUT2D eigenvalue weighted by molar-refractivity contribution is 9.10. The minimum atomic E-state index is -0.627. The van der Waals surface area contributed by atoms with Gasteiger partial charge < -0.3 is 9.84 Å². The number of imidazole rings is 1. The van der Waals surface area contributed by atoms with E-state index in [1.807, 2.05) is 0 Å². The molecule has 0 bridgehead atoms. The van der Waals surface area contributed by atoms with E-state index in [9.17, 15) is 14.3 Å². The van der Waals surface area contributed by atoms with E-state index in [0.717, 1.165) is 6.07 Å². The first-order valence-electron chi connectivity index (χ1n) is 6.25. The van der Waals surface area contributed by atoms with Crippen LogP contribution in [0.3, 0.4) is 0 Å². The molecule has 0 saturated carbocycles. The van der Waals surface area contributed by atoms with Crippen molar-refractivity contribution in [2.45, 2.75) is 0 Å². The van der Waals surface area contributed by atoms with Crippen molar-refractivity contribution >= 4 is 32.9 Å². The summed E-state index contributed by atoms with van der Waals surface area (Å²) in [4.78, 5) is 15.7. The van der Waals surface area contributed by atoms with E-state index in [2.05, 4.69) is 25.7 Å². The Kier molecular flexibility index (Phi) is 3.58. The van der Waals surface area contributed by atoms with E-state index >= 15 is 0 Å². The number of fused-ring (bicyclic) bond motifs is 1. The van der Waals surface area contributed by atoms with E-state index < -0.39 is 11.8 Å². The van der Waals surface area contributed by atoms with Gasteiger partial charge in [-0.15, -0.1) is 0 Å². The van der Waals surface area contributed by atoms with Gasteiger partial charge in [-0.3, -0.25) is 4.57 Å². The standard InChI is InChI=1S/C15H10BrFN2O3/c1-22-15(21)9-5-11(17)14(6-10(9)16)19-7-18-12-4-8(20)2-3-13(12)19/h2-7,20H,1H3. The lowest BCUT2D eigenvalue weighted by Gasteiger charge is -2.09. The fourth-order valence-corrected chi connectivity index (χ4v) is 2.67. The molecule has 0 fully saturated rings. The van der Waals surface area contributed by atoms with Crippen molar-refractivity contribution < 1.29 is 19.0 Å². The Morgan fingerprint density at radius 2 is 2.14 bits per heavy atom. The van der Waals surface area contributed by atoms with Crippen molar-refractivity contribution in [1.29, 1.82) is 0 Å². The highest BCUT2D eigenvalue weighted by Crippen LogP contribution is 2.28. The molecule has 0 radical (unpaired) electrons. The number of rotatable bonds is 2. The number of aromatic hydroxyl groups is 1. The largest absolute Gasteiger partial charge is 0.508 e. The number of carbonyl (C=O) groups is 1. The number of benzene rings is 2. The van der Waals surface area contributed by atoms with Crippen LogP contribution in [0.5, 0.6) is 5.75 Å². The van der Waals surface area contributed by atoms with Crippen molar-refractivity contribution in [3.05, 3.63) is 52.5 Å². The van der Waals surface area contributed by atoms with Crippen LogP contribution in [0, 0.1) is 5.82 Å². The predicted octanol–water partition coefficient (Wildman–Crippen LogP) is 3.42. The van der Waals surface area contributed by atoms with Gasteiger partial charge in [0.15, 0.2) is 0 Å². The average Bonchev–Trinajstić information content (AvgIpc) is 2.91. The van der Waals surface area contributed by atoms with Crippen LogP contribution < -0.4 is 0 Å².